The van der Waals surface area contributed by atoms with Crippen LogP contribution in [0.15, 0.2) is 66.7 Å². The van der Waals surface area contributed by atoms with Gasteiger partial charge < -0.3 is 19.3 Å². The Balaban J connectivity index is 1.82. The fourth-order valence-electron chi connectivity index (χ4n) is 4.69. The second kappa shape index (κ2) is 9.96. The number of hydrogen-bond acceptors (Lipinski definition) is 5. The normalized spacial score (nSPS) is 16.9. The molecule has 2 unspecified atom stereocenters. The molecule has 172 valence electrons. The smallest absolute Gasteiger partial charge is 0.320 e. The number of nitrogens with zero attached hydrogens (tertiary/aromatic N) is 1. The topological polar surface area (TPSA) is 68.2 Å². The van der Waals surface area contributed by atoms with Crippen molar-refractivity contribution in [3.8, 4) is 28.4 Å². The molecule has 6 heteroatoms. The van der Waals surface area contributed by atoms with Crippen molar-refractivity contribution in [1.29, 1.82) is 0 Å². The lowest BCUT2D eigenvalue weighted by Gasteiger charge is -2.32. The van der Waals surface area contributed by atoms with Gasteiger partial charge in [-0.05, 0) is 47.2 Å². The summed E-state index contributed by atoms with van der Waals surface area (Å²) >= 11 is 0. The third-order valence-electron chi connectivity index (χ3n) is 6.25. The Bertz CT molecular complexity index is 1070. The van der Waals surface area contributed by atoms with E-state index in [-0.39, 0.29) is 6.04 Å². The van der Waals surface area contributed by atoms with E-state index in [0.29, 0.717) is 30.2 Å². The maximum atomic E-state index is 12.1. The number of carbonyl (C=O) groups is 1. The van der Waals surface area contributed by atoms with Crippen molar-refractivity contribution in [1.82, 2.24) is 4.90 Å². The minimum absolute atomic E-state index is 0.271. The molecule has 0 saturated carbocycles. The summed E-state index contributed by atoms with van der Waals surface area (Å²) < 4.78 is 16.6. The maximum Gasteiger partial charge on any atom is 0.320 e. The van der Waals surface area contributed by atoms with Crippen LogP contribution in [0.5, 0.6) is 17.2 Å². The van der Waals surface area contributed by atoms with Gasteiger partial charge in [-0.1, -0.05) is 54.6 Å². The second-order valence-electron chi connectivity index (χ2n) is 8.08. The van der Waals surface area contributed by atoms with Crippen molar-refractivity contribution < 1.29 is 24.1 Å². The molecule has 1 heterocycles. The monoisotopic (exact) mass is 447 g/mol. The summed E-state index contributed by atoms with van der Waals surface area (Å²) in [4.78, 5) is 14.1. The Morgan fingerprint density at radius 1 is 0.879 bits per heavy atom. The van der Waals surface area contributed by atoms with Gasteiger partial charge in [0.1, 0.15) is 6.04 Å². The number of benzene rings is 3. The standard InChI is InChI=1S/C27H29NO5/c1-31-23-16-21(17-24(32-2)26(23)33-3)25(28-15-7-10-22(28)27(29)30)20-13-11-19(12-14-20)18-8-5-4-6-9-18/h4-6,8-9,11-14,16-17,22,25H,7,10,15H2,1-3H3,(H,29,30). The van der Waals surface area contributed by atoms with Crippen LogP contribution in [0.25, 0.3) is 11.1 Å². The first-order valence-electron chi connectivity index (χ1n) is 11.0. The first kappa shape index (κ1) is 22.7. The molecule has 6 nitrogen and oxygen atoms in total. The molecule has 1 saturated heterocycles. The summed E-state index contributed by atoms with van der Waals surface area (Å²) in [5.41, 5.74) is 4.15. The van der Waals surface area contributed by atoms with E-state index in [0.717, 1.165) is 28.7 Å². The van der Waals surface area contributed by atoms with Gasteiger partial charge >= 0.3 is 5.97 Å². The fourth-order valence-corrected chi connectivity index (χ4v) is 4.69. The van der Waals surface area contributed by atoms with Gasteiger partial charge in [-0.3, -0.25) is 9.69 Å². The summed E-state index contributed by atoms with van der Waals surface area (Å²) in [6.07, 6.45) is 1.46. The molecule has 33 heavy (non-hydrogen) atoms. The van der Waals surface area contributed by atoms with E-state index in [4.69, 9.17) is 14.2 Å². The lowest BCUT2D eigenvalue weighted by Crippen LogP contribution is -2.39. The van der Waals surface area contributed by atoms with Crippen LogP contribution < -0.4 is 14.2 Å². The molecular weight excluding hydrogens is 418 g/mol. The highest BCUT2D eigenvalue weighted by molar-refractivity contribution is 5.74. The molecule has 1 aliphatic heterocycles. The molecule has 1 N–H and O–H groups in total. The minimum Gasteiger partial charge on any atom is -0.493 e. The first-order chi connectivity index (χ1) is 16.1. The number of carboxylic acids is 1. The van der Waals surface area contributed by atoms with Gasteiger partial charge in [-0.2, -0.15) is 0 Å². The van der Waals surface area contributed by atoms with Crippen molar-refractivity contribution in [2.75, 3.05) is 27.9 Å². The number of aliphatic carboxylic acids is 1. The summed E-state index contributed by atoms with van der Waals surface area (Å²) in [7, 11) is 4.74. The largest absolute Gasteiger partial charge is 0.493 e. The molecule has 0 radical (unpaired) electrons. The average Bonchev–Trinajstić information content (AvgIpc) is 3.34. The van der Waals surface area contributed by atoms with Gasteiger partial charge in [0.15, 0.2) is 11.5 Å². The Morgan fingerprint density at radius 3 is 2.03 bits per heavy atom. The van der Waals surface area contributed by atoms with Gasteiger partial charge in [0.05, 0.1) is 27.4 Å². The highest BCUT2D eigenvalue weighted by Gasteiger charge is 2.37. The number of methoxy groups -OCH3 is 3. The molecule has 3 aromatic carbocycles. The number of rotatable bonds is 8. The molecule has 2 atom stereocenters. The number of hydrogen-bond donors (Lipinski definition) is 1. The van der Waals surface area contributed by atoms with E-state index in [9.17, 15) is 9.90 Å². The molecule has 3 aromatic rings. The van der Waals surface area contributed by atoms with Crippen molar-refractivity contribution in [3.63, 3.8) is 0 Å². The molecule has 4 rings (SSSR count). The average molecular weight is 448 g/mol. The zero-order chi connectivity index (χ0) is 23.4. The molecule has 0 aliphatic carbocycles. The molecule has 1 fully saturated rings. The molecule has 1 aliphatic rings. The predicted molar refractivity (Wildman–Crippen MR) is 127 cm³/mol. The van der Waals surface area contributed by atoms with E-state index in [2.05, 4.69) is 41.3 Å². The minimum atomic E-state index is -0.800. The Hall–Kier alpha value is -3.51. The van der Waals surface area contributed by atoms with Gasteiger partial charge in [-0.25, -0.2) is 0 Å². The lowest BCUT2D eigenvalue weighted by atomic mass is 9.93. The Morgan fingerprint density at radius 2 is 1.48 bits per heavy atom. The third kappa shape index (κ3) is 4.52. The highest BCUT2D eigenvalue weighted by atomic mass is 16.5. The van der Waals surface area contributed by atoms with Gasteiger partial charge in [0, 0.05) is 6.54 Å². The second-order valence-corrected chi connectivity index (χ2v) is 8.08. The summed E-state index contributed by atoms with van der Waals surface area (Å²) in [6.45, 7) is 0.693. The quantitative estimate of drug-likeness (QED) is 0.523. The van der Waals surface area contributed by atoms with Gasteiger partial charge in [0.25, 0.3) is 0 Å². The zero-order valence-corrected chi connectivity index (χ0v) is 19.2. The predicted octanol–water partition coefficient (Wildman–Crippen LogP) is 5.02. The maximum absolute atomic E-state index is 12.1. The van der Waals surface area contributed by atoms with Crippen LogP contribution in [0.3, 0.4) is 0 Å². The number of ether oxygens (including phenoxy) is 3. The Kier molecular flexibility index (Phi) is 6.84. The van der Waals surface area contributed by atoms with Crippen LogP contribution in [0, 0.1) is 0 Å². The van der Waals surface area contributed by atoms with E-state index in [1.54, 1.807) is 21.3 Å². The van der Waals surface area contributed by atoms with Crippen molar-refractivity contribution >= 4 is 5.97 Å². The molecule has 0 bridgehead atoms. The molecule has 0 aromatic heterocycles. The SMILES string of the molecule is COc1cc(C(c2ccc(-c3ccccc3)cc2)N2CCCC2C(=O)O)cc(OC)c1OC. The van der Waals surface area contributed by atoms with E-state index < -0.39 is 12.0 Å². The van der Waals surface area contributed by atoms with Crippen LogP contribution in [0.2, 0.25) is 0 Å². The van der Waals surface area contributed by atoms with Crippen LogP contribution in [0.4, 0.5) is 0 Å². The van der Waals surface area contributed by atoms with Gasteiger partial charge in [-0.15, -0.1) is 0 Å². The van der Waals surface area contributed by atoms with Crippen LogP contribution in [-0.2, 0) is 4.79 Å². The molecule has 0 amide bonds. The fraction of sp³-hybridized carbons (Fsp3) is 0.296. The molecule has 0 spiro atoms. The Labute approximate surface area is 194 Å². The summed E-state index contributed by atoms with van der Waals surface area (Å²) in [6, 6.07) is 21.5. The lowest BCUT2D eigenvalue weighted by molar-refractivity contribution is -0.142. The van der Waals surface area contributed by atoms with E-state index in [1.807, 2.05) is 30.3 Å². The summed E-state index contributed by atoms with van der Waals surface area (Å²) in [5, 5.41) is 9.89. The molecular formula is C27H29NO5. The van der Waals surface area contributed by atoms with E-state index >= 15 is 0 Å². The van der Waals surface area contributed by atoms with Crippen molar-refractivity contribution in [3.05, 3.63) is 77.9 Å². The third-order valence-corrected chi connectivity index (χ3v) is 6.25. The van der Waals surface area contributed by atoms with Crippen LogP contribution in [-0.4, -0.2) is 49.9 Å². The van der Waals surface area contributed by atoms with Gasteiger partial charge in [0.2, 0.25) is 5.75 Å². The number of likely N-dealkylation sites (tertiary alicyclic amines) is 1. The summed E-state index contributed by atoms with van der Waals surface area (Å²) in [5.74, 6) is 0.802. The first-order valence-corrected chi connectivity index (χ1v) is 11.0. The van der Waals surface area contributed by atoms with Crippen LogP contribution in [0.1, 0.15) is 30.0 Å². The number of carboxylic acid groups (broad SMARTS) is 1. The van der Waals surface area contributed by atoms with Crippen LogP contribution >= 0.6 is 0 Å². The van der Waals surface area contributed by atoms with E-state index in [1.165, 1.54) is 0 Å². The van der Waals surface area contributed by atoms with Crippen molar-refractivity contribution in [2.24, 2.45) is 0 Å². The highest BCUT2D eigenvalue weighted by Crippen LogP contribution is 2.44. The zero-order valence-electron chi connectivity index (χ0n) is 19.2. The van der Waals surface area contributed by atoms with Crippen molar-refractivity contribution in [2.45, 2.75) is 24.9 Å².